The normalized spacial score (nSPS) is 15.4. The third-order valence-corrected chi connectivity index (χ3v) is 3.41. The predicted octanol–water partition coefficient (Wildman–Crippen LogP) is 3.11. The molecule has 17 heavy (non-hydrogen) atoms. The van der Waals surface area contributed by atoms with Gasteiger partial charge in [0, 0.05) is 37.4 Å². The van der Waals surface area contributed by atoms with Crippen molar-refractivity contribution in [2.75, 3.05) is 29.4 Å². The summed E-state index contributed by atoms with van der Waals surface area (Å²) in [6.07, 6.45) is 2.02. The first-order chi connectivity index (χ1) is 8.26. The fourth-order valence-electron chi connectivity index (χ4n) is 2.39. The number of nitrogens with zero attached hydrogens (tertiary/aromatic N) is 2. The third-order valence-electron chi connectivity index (χ3n) is 3.41. The zero-order chi connectivity index (χ0) is 12.3. The van der Waals surface area contributed by atoms with Gasteiger partial charge in [-0.1, -0.05) is 0 Å². The zero-order valence-corrected chi connectivity index (χ0v) is 10.7. The van der Waals surface area contributed by atoms with Crippen molar-refractivity contribution in [3.8, 4) is 0 Å². The van der Waals surface area contributed by atoms with E-state index in [1.54, 1.807) is 0 Å². The van der Waals surface area contributed by atoms with Gasteiger partial charge >= 0.3 is 0 Å². The van der Waals surface area contributed by atoms with Crippen LogP contribution in [0.25, 0.3) is 0 Å². The molecule has 1 aromatic carbocycles. The number of amidine groups is 1. The van der Waals surface area contributed by atoms with Gasteiger partial charge in [-0.2, -0.15) is 0 Å². The Morgan fingerprint density at radius 3 is 2.29 bits per heavy atom. The summed E-state index contributed by atoms with van der Waals surface area (Å²) in [6.45, 7) is 7.41. The highest BCUT2D eigenvalue weighted by molar-refractivity contribution is 5.97. The molecule has 1 aliphatic rings. The zero-order valence-electron chi connectivity index (χ0n) is 10.7. The molecule has 0 saturated carbocycles. The molecule has 0 aliphatic carbocycles. The number of nitrogens with one attached hydrogen (secondary N) is 1. The second-order valence-corrected chi connectivity index (χ2v) is 4.39. The van der Waals surface area contributed by atoms with Crippen molar-refractivity contribution < 1.29 is 0 Å². The molecule has 0 amide bonds. The topological polar surface area (TPSA) is 30.3 Å². The van der Waals surface area contributed by atoms with Crippen LogP contribution in [0.5, 0.6) is 0 Å². The molecule has 0 aromatic heterocycles. The summed E-state index contributed by atoms with van der Waals surface area (Å²) >= 11 is 0. The first-order valence-corrected chi connectivity index (χ1v) is 6.46. The van der Waals surface area contributed by atoms with Gasteiger partial charge in [-0.15, -0.1) is 0 Å². The Bertz CT molecular complexity index is 379. The molecule has 0 radical (unpaired) electrons. The average molecular weight is 231 g/mol. The van der Waals surface area contributed by atoms with Crippen LogP contribution in [0, 0.1) is 5.41 Å². The van der Waals surface area contributed by atoms with Crippen molar-refractivity contribution in [3.05, 3.63) is 24.3 Å². The number of benzene rings is 1. The number of rotatable bonds is 4. The summed E-state index contributed by atoms with van der Waals surface area (Å²) in [6, 6.07) is 8.59. The van der Waals surface area contributed by atoms with Crippen LogP contribution in [0.3, 0.4) is 0 Å². The molecule has 0 atom stereocenters. The van der Waals surface area contributed by atoms with Crippen molar-refractivity contribution in [2.24, 2.45) is 0 Å². The Morgan fingerprint density at radius 2 is 1.82 bits per heavy atom. The molecule has 0 bridgehead atoms. The minimum absolute atomic E-state index is 0.751. The van der Waals surface area contributed by atoms with Crippen LogP contribution in [0.4, 0.5) is 11.4 Å². The number of anilines is 2. The summed E-state index contributed by atoms with van der Waals surface area (Å²) < 4.78 is 0. The van der Waals surface area contributed by atoms with Gasteiger partial charge in [0.05, 0.1) is 0 Å². The Labute approximate surface area is 104 Å². The highest BCUT2D eigenvalue weighted by Gasteiger charge is 2.18. The van der Waals surface area contributed by atoms with E-state index < -0.39 is 0 Å². The lowest BCUT2D eigenvalue weighted by atomic mass is 10.2. The monoisotopic (exact) mass is 231 g/mol. The van der Waals surface area contributed by atoms with E-state index in [0.29, 0.717) is 0 Å². The Balaban J connectivity index is 2.15. The van der Waals surface area contributed by atoms with Crippen LogP contribution >= 0.6 is 0 Å². The maximum atomic E-state index is 7.87. The van der Waals surface area contributed by atoms with Gasteiger partial charge in [-0.25, -0.2) is 0 Å². The Morgan fingerprint density at radius 1 is 1.18 bits per heavy atom. The molecule has 0 spiro atoms. The molecule has 92 valence electrons. The van der Waals surface area contributed by atoms with E-state index >= 15 is 0 Å². The maximum Gasteiger partial charge on any atom is 0.100 e. The lowest BCUT2D eigenvalue weighted by Gasteiger charge is -2.23. The quantitative estimate of drug-likeness (QED) is 0.863. The molecular formula is C14H21N3. The lowest BCUT2D eigenvalue weighted by molar-refractivity contribution is 0.866. The van der Waals surface area contributed by atoms with Crippen LogP contribution < -0.4 is 9.80 Å². The van der Waals surface area contributed by atoms with Crippen molar-refractivity contribution in [1.29, 1.82) is 5.41 Å². The molecule has 1 saturated heterocycles. The summed E-state index contributed by atoms with van der Waals surface area (Å²) in [5, 5.41) is 7.87. The van der Waals surface area contributed by atoms with Crippen LogP contribution in [0.2, 0.25) is 0 Å². The van der Waals surface area contributed by atoms with E-state index in [-0.39, 0.29) is 0 Å². The first kappa shape index (κ1) is 12.0. The van der Waals surface area contributed by atoms with Crippen LogP contribution in [0.15, 0.2) is 24.3 Å². The van der Waals surface area contributed by atoms with Crippen molar-refractivity contribution >= 4 is 17.2 Å². The lowest BCUT2D eigenvalue weighted by Crippen LogP contribution is -2.24. The van der Waals surface area contributed by atoms with Crippen molar-refractivity contribution in [1.82, 2.24) is 0 Å². The number of hydrogen-bond acceptors (Lipinski definition) is 2. The summed E-state index contributed by atoms with van der Waals surface area (Å²) in [5.74, 6) is 0.751. The number of hydrogen-bond donors (Lipinski definition) is 1. The Hall–Kier alpha value is -1.51. The minimum atomic E-state index is 0.751. The second-order valence-electron chi connectivity index (χ2n) is 4.39. The van der Waals surface area contributed by atoms with E-state index in [4.69, 9.17) is 5.41 Å². The SMILES string of the molecule is CCN(CC)c1ccc(N2CCCC2=N)cc1. The highest BCUT2D eigenvalue weighted by atomic mass is 15.2. The van der Waals surface area contributed by atoms with Gasteiger partial charge in [0.1, 0.15) is 5.84 Å². The molecular weight excluding hydrogens is 210 g/mol. The van der Waals surface area contributed by atoms with Crippen molar-refractivity contribution in [3.63, 3.8) is 0 Å². The van der Waals surface area contributed by atoms with Gasteiger partial charge in [0.15, 0.2) is 0 Å². The molecule has 3 heteroatoms. The van der Waals surface area contributed by atoms with E-state index in [1.165, 1.54) is 5.69 Å². The smallest absolute Gasteiger partial charge is 0.100 e. The fourth-order valence-corrected chi connectivity index (χ4v) is 2.39. The van der Waals surface area contributed by atoms with Crippen LogP contribution in [-0.2, 0) is 0 Å². The average Bonchev–Trinajstić information content (AvgIpc) is 2.78. The molecule has 2 rings (SSSR count). The van der Waals surface area contributed by atoms with Crippen molar-refractivity contribution in [2.45, 2.75) is 26.7 Å². The van der Waals surface area contributed by atoms with Crippen LogP contribution in [0.1, 0.15) is 26.7 Å². The largest absolute Gasteiger partial charge is 0.372 e. The molecule has 1 aromatic rings. The van der Waals surface area contributed by atoms with Gasteiger partial charge in [-0.3, -0.25) is 5.41 Å². The molecule has 1 fully saturated rings. The minimum Gasteiger partial charge on any atom is -0.372 e. The third kappa shape index (κ3) is 2.43. The summed E-state index contributed by atoms with van der Waals surface area (Å²) in [7, 11) is 0. The predicted molar refractivity (Wildman–Crippen MR) is 74.3 cm³/mol. The van der Waals surface area contributed by atoms with Gasteiger partial charge in [0.2, 0.25) is 0 Å². The van der Waals surface area contributed by atoms with E-state index in [1.807, 2.05) is 0 Å². The van der Waals surface area contributed by atoms with E-state index in [2.05, 4.69) is 47.9 Å². The van der Waals surface area contributed by atoms with E-state index in [9.17, 15) is 0 Å². The maximum absolute atomic E-state index is 7.87. The molecule has 3 nitrogen and oxygen atoms in total. The second kappa shape index (κ2) is 5.21. The van der Waals surface area contributed by atoms with Gasteiger partial charge in [0.25, 0.3) is 0 Å². The molecule has 0 unspecified atom stereocenters. The fraction of sp³-hybridized carbons (Fsp3) is 0.500. The molecule has 1 N–H and O–H groups in total. The summed E-state index contributed by atoms with van der Waals surface area (Å²) in [5.41, 5.74) is 2.42. The van der Waals surface area contributed by atoms with Crippen LogP contribution in [-0.4, -0.2) is 25.5 Å². The summed E-state index contributed by atoms with van der Waals surface area (Å²) in [4.78, 5) is 4.44. The Kier molecular flexibility index (Phi) is 3.67. The molecule has 1 aliphatic heterocycles. The molecule has 1 heterocycles. The van der Waals surface area contributed by atoms with E-state index in [0.717, 1.165) is 44.0 Å². The standard InChI is InChI=1S/C14H21N3/c1-3-16(4-2)12-7-9-13(10-8-12)17-11-5-6-14(17)15/h7-10,15H,3-6,11H2,1-2H3. The highest BCUT2D eigenvalue weighted by Crippen LogP contribution is 2.24. The van der Waals surface area contributed by atoms with Gasteiger partial charge < -0.3 is 9.80 Å². The van der Waals surface area contributed by atoms with Gasteiger partial charge in [-0.05, 0) is 44.5 Å². The first-order valence-electron chi connectivity index (χ1n) is 6.46.